The number of hydrogen-bond acceptors (Lipinski definition) is 4. The molecule has 1 unspecified atom stereocenters. The second kappa shape index (κ2) is 10.6. The second-order valence-electron chi connectivity index (χ2n) is 14.5. The lowest BCUT2D eigenvalue weighted by Gasteiger charge is -2.58. The lowest BCUT2D eigenvalue weighted by Crippen LogP contribution is -2.51. The van der Waals surface area contributed by atoms with Crippen molar-refractivity contribution in [1.82, 2.24) is 19.4 Å². The van der Waals surface area contributed by atoms with E-state index < -0.39 is 0 Å². The summed E-state index contributed by atoms with van der Waals surface area (Å²) in [5.41, 5.74) is 2.72. The molecule has 40 heavy (non-hydrogen) atoms. The zero-order chi connectivity index (χ0) is 28.2. The highest BCUT2D eigenvalue weighted by atomic mass is 16.3. The second-order valence-corrected chi connectivity index (χ2v) is 14.5. The first kappa shape index (κ1) is 28.0. The van der Waals surface area contributed by atoms with Crippen LogP contribution in [-0.2, 0) is 11.8 Å². The van der Waals surface area contributed by atoms with Gasteiger partial charge in [-0.05, 0) is 98.2 Å². The molecule has 0 bridgehead atoms. The smallest absolute Gasteiger partial charge is 0.274 e. The van der Waals surface area contributed by atoms with Gasteiger partial charge in [0.05, 0.1) is 12.4 Å². The molecule has 0 radical (unpaired) electrons. The van der Waals surface area contributed by atoms with E-state index in [0.29, 0.717) is 61.0 Å². The highest BCUT2D eigenvalue weighted by molar-refractivity contribution is 5.92. The van der Waals surface area contributed by atoms with Crippen LogP contribution in [0.15, 0.2) is 24.2 Å². The molecule has 4 aliphatic carbocycles. The molecular weight excluding hydrogens is 500 g/mol. The molecule has 4 fully saturated rings. The summed E-state index contributed by atoms with van der Waals surface area (Å²) in [5, 5.41) is 10.3. The van der Waals surface area contributed by atoms with Crippen molar-refractivity contribution in [2.75, 3.05) is 26.2 Å². The van der Waals surface area contributed by atoms with Crippen LogP contribution >= 0.6 is 0 Å². The van der Waals surface area contributed by atoms with Crippen LogP contribution in [-0.4, -0.2) is 68.6 Å². The van der Waals surface area contributed by atoms with Gasteiger partial charge in [-0.2, -0.15) is 0 Å². The normalized spacial score (nSPS) is 38.2. The summed E-state index contributed by atoms with van der Waals surface area (Å²) in [5.74, 6) is 3.81. The average Bonchev–Trinajstić information content (AvgIpc) is 3.54. The number of nitrogens with zero attached hydrogens (tertiary/aromatic N) is 4. The monoisotopic (exact) mass is 550 g/mol. The molecule has 6 rings (SSSR count). The largest absolute Gasteiger partial charge is 0.393 e. The van der Waals surface area contributed by atoms with Gasteiger partial charge in [-0.15, -0.1) is 0 Å². The Morgan fingerprint density at radius 3 is 2.52 bits per heavy atom. The number of carbonyl (C=O) groups excluding carboxylic acids is 2. The molecule has 5 aliphatic rings. The summed E-state index contributed by atoms with van der Waals surface area (Å²) in [7, 11) is 1.87. The van der Waals surface area contributed by atoms with Crippen LogP contribution in [0.4, 0.5) is 0 Å². The van der Waals surface area contributed by atoms with Gasteiger partial charge in [-0.25, -0.2) is 4.98 Å². The van der Waals surface area contributed by atoms with Crippen molar-refractivity contribution in [2.24, 2.45) is 47.5 Å². The van der Waals surface area contributed by atoms with Crippen LogP contribution in [0.2, 0.25) is 0 Å². The molecule has 2 heterocycles. The molecule has 1 aliphatic heterocycles. The first-order valence-corrected chi connectivity index (χ1v) is 16.0. The molecule has 1 N–H and O–H groups in total. The number of aromatic nitrogens is 2. The highest BCUT2D eigenvalue weighted by Gasteiger charge is 2.59. The van der Waals surface area contributed by atoms with Crippen molar-refractivity contribution in [1.29, 1.82) is 0 Å². The van der Waals surface area contributed by atoms with Gasteiger partial charge in [0, 0.05) is 45.8 Å². The molecule has 8 atom stereocenters. The first-order valence-electron chi connectivity index (χ1n) is 16.0. The van der Waals surface area contributed by atoms with E-state index >= 15 is 0 Å². The van der Waals surface area contributed by atoms with E-state index in [4.69, 9.17) is 0 Å². The number of piperazine rings is 1. The van der Waals surface area contributed by atoms with Gasteiger partial charge in [0.25, 0.3) is 5.91 Å². The third kappa shape index (κ3) is 4.74. The van der Waals surface area contributed by atoms with E-state index in [2.05, 4.69) is 31.8 Å². The topological polar surface area (TPSA) is 78.7 Å². The Morgan fingerprint density at radius 1 is 1.05 bits per heavy atom. The Hall–Kier alpha value is -2.15. The third-order valence-corrected chi connectivity index (χ3v) is 12.5. The lowest BCUT2D eigenvalue weighted by molar-refractivity contribution is -0.133. The van der Waals surface area contributed by atoms with Gasteiger partial charge >= 0.3 is 0 Å². The Kier molecular flexibility index (Phi) is 7.42. The SMILES string of the molecule is CC(CCC(=O)N1CCN(C(=O)c2cn(C)cn2)CC1)[C@H]1CC[C@H]2[C@@H]3CC=C4C[C@@H](O)CC[C@]4(C)[C@H]3CC[C@]12C. The third-order valence-electron chi connectivity index (χ3n) is 12.5. The molecule has 3 saturated carbocycles. The summed E-state index contributed by atoms with van der Waals surface area (Å²) < 4.78 is 1.79. The number of hydrogen-bond donors (Lipinski definition) is 1. The summed E-state index contributed by atoms with van der Waals surface area (Å²) in [4.78, 5) is 33.9. The van der Waals surface area contributed by atoms with Crippen molar-refractivity contribution >= 4 is 11.8 Å². The summed E-state index contributed by atoms with van der Waals surface area (Å²) in [6, 6.07) is 0. The molecular formula is C33H50N4O3. The van der Waals surface area contributed by atoms with Crippen molar-refractivity contribution in [3.63, 3.8) is 0 Å². The number of aliphatic hydroxyl groups excluding tert-OH is 1. The van der Waals surface area contributed by atoms with E-state index in [1.165, 1.54) is 32.1 Å². The Balaban J connectivity index is 1.02. The molecule has 220 valence electrons. The summed E-state index contributed by atoms with van der Waals surface area (Å²) >= 11 is 0. The van der Waals surface area contributed by atoms with Crippen LogP contribution in [0, 0.1) is 40.4 Å². The maximum Gasteiger partial charge on any atom is 0.274 e. The predicted molar refractivity (Wildman–Crippen MR) is 155 cm³/mol. The number of imidazole rings is 1. The van der Waals surface area contributed by atoms with Gasteiger partial charge in [-0.1, -0.05) is 32.4 Å². The van der Waals surface area contributed by atoms with Crippen LogP contribution in [0.3, 0.4) is 0 Å². The van der Waals surface area contributed by atoms with Crippen molar-refractivity contribution in [3.05, 3.63) is 29.9 Å². The Morgan fingerprint density at radius 2 is 1.80 bits per heavy atom. The number of rotatable bonds is 5. The minimum absolute atomic E-state index is 0.0418. The van der Waals surface area contributed by atoms with E-state index in [1.54, 1.807) is 22.7 Å². The number of carbonyl (C=O) groups is 2. The van der Waals surface area contributed by atoms with E-state index in [-0.39, 0.29) is 17.9 Å². The predicted octanol–water partition coefficient (Wildman–Crippen LogP) is 5.06. The zero-order valence-electron chi connectivity index (χ0n) is 25.1. The highest BCUT2D eigenvalue weighted by Crippen LogP contribution is 2.67. The maximum absolute atomic E-state index is 13.2. The van der Waals surface area contributed by atoms with E-state index in [0.717, 1.165) is 43.4 Å². The number of aliphatic hydroxyl groups is 1. The minimum Gasteiger partial charge on any atom is -0.393 e. The Labute approximate surface area is 240 Å². The number of allylic oxidation sites excluding steroid dienone is 1. The average molecular weight is 551 g/mol. The maximum atomic E-state index is 13.2. The molecule has 1 aromatic rings. The number of amides is 2. The van der Waals surface area contributed by atoms with Crippen LogP contribution in [0.5, 0.6) is 0 Å². The van der Waals surface area contributed by atoms with Gasteiger partial charge in [0.1, 0.15) is 5.69 Å². The van der Waals surface area contributed by atoms with Gasteiger partial charge in [0.15, 0.2) is 0 Å². The van der Waals surface area contributed by atoms with Gasteiger partial charge < -0.3 is 19.5 Å². The fraction of sp³-hybridized carbons (Fsp3) is 0.788. The summed E-state index contributed by atoms with van der Waals surface area (Å²) in [6.45, 7) is 9.90. The van der Waals surface area contributed by atoms with Crippen molar-refractivity contribution in [3.8, 4) is 0 Å². The molecule has 0 spiro atoms. The van der Waals surface area contributed by atoms with Crippen molar-refractivity contribution in [2.45, 2.75) is 91.1 Å². The molecule has 1 aromatic heterocycles. The molecule has 0 aromatic carbocycles. The van der Waals surface area contributed by atoms with Crippen LogP contribution < -0.4 is 0 Å². The standard InChI is InChI=1S/C33H50N4O3/c1-22(5-10-30(39)36-15-17-37(18-16-36)31(40)29-20-35(4)21-34-29)26-8-9-27-25-7-6-23-19-24(38)11-13-32(23,2)28(25)12-14-33(26,27)3/h6,20-22,24-28,38H,5,7-19H2,1-4H3/t22?,24-,25-,26+,27-,28-,32-,33+/m0/s1. The zero-order valence-corrected chi connectivity index (χ0v) is 25.1. The Bertz CT molecular complexity index is 1150. The van der Waals surface area contributed by atoms with Gasteiger partial charge in [0.2, 0.25) is 5.91 Å². The van der Waals surface area contributed by atoms with Crippen molar-refractivity contribution < 1.29 is 14.7 Å². The minimum atomic E-state index is -0.137. The molecule has 7 nitrogen and oxygen atoms in total. The fourth-order valence-corrected chi connectivity index (χ4v) is 10.2. The van der Waals surface area contributed by atoms with E-state index in [1.807, 2.05) is 16.8 Å². The number of aryl methyl sites for hydroxylation is 1. The fourth-order valence-electron chi connectivity index (χ4n) is 10.2. The van der Waals surface area contributed by atoms with E-state index in [9.17, 15) is 14.7 Å². The van der Waals surface area contributed by atoms with Crippen LogP contribution in [0.25, 0.3) is 0 Å². The van der Waals surface area contributed by atoms with Gasteiger partial charge in [-0.3, -0.25) is 9.59 Å². The summed E-state index contributed by atoms with van der Waals surface area (Å²) in [6.07, 6.45) is 16.9. The van der Waals surface area contributed by atoms with Crippen LogP contribution in [0.1, 0.15) is 95.5 Å². The quantitative estimate of drug-likeness (QED) is 0.520. The lowest BCUT2D eigenvalue weighted by atomic mass is 9.47. The molecule has 2 amide bonds. The molecule has 7 heteroatoms. The number of fused-ring (bicyclic) bond motifs is 5. The molecule has 1 saturated heterocycles. The first-order chi connectivity index (χ1) is 19.1.